The molecule has 0 spiro atoms. The molecule has 1 atom stereocenters. The van der Waals surface area contributed by atoms with E-state index in [9.17, 15) is 4.39 Å². The van der Waals surface area contributed by atoms with E-state index in [0.29, 0.717) is 31.1 Å². The lowest BCUT2D eigenvalue weighted by molar-refractivity contribution is 0.244. The molecule has 1 aliphatic rings. The van der Waals surface area contributed by atoms with Crippen LogP contribution >= 0.6 is 11.6 Å². The van der Waals surface area contributed by atoms with Crippen LogP contribution in [0, 0.1) is 11.8 Å². The lowest BCUT2D eigenvalue weighted by Crippen LogP contribution is -2.06. The minimum atomic E-state index is -0.497. The van der Waals surface area contributed by atoms with Crippen LogP contribution in [0.2, 0.25) is 0 Å². The molecule has 0 bridgehead atoms. The first-order valence-electron chi connectivity index (χ1n) is 10.1. The Morgan fingerprint density at radius 3 is 2.22 bits per heavy atom. The van der Waals surface area contributed by atoms with E-state index in [1.807, 2.05) is 60.7 Å². The predicted molar refractivity (Wildman–Crippen MR) is 122 cm³/mol. The van der Waals surface area contributed by atoms with Crippen LogP contribution in [0.15, 0.2) is 90.3 Å². The number of hydrogen-bond acceptors (Lipinski definition) is 4. The van der Waals surface area contributed by atoms with Crippen molar-refractivity contribution in [3.05, 3.63) is 107 Å². The summed E-state index contributed by atoms with van der Waals surface area (Å²) in [4.78, 5) is 0. The third-order valence-electron chi connectivity index (χ3n) is 4.69. The molecule has 3 aromatic rings. The van der Waals surface area contributed by atoms with Crippen molar-refractivity contribution < 1.29 is 13.9 Å². The lowest BCUT2D eigenvalue weighted by Gasteiger charge is -2.12. The van der Waals surface area contributed by atoms with E-state index in [1.165, 1.54) is 6.08 Å². The summed E-state index contributed by atoms with van der Waals surface area (Å²) in [7, 11) is 0. The molecule has 0 N–H and O–H groups in total. The first kappa shape index (κ1) is 21.6. The van der Waals surface area contributed by atoms with Gasteiger partial charge < -0.3 is 9.47 Å². The van der Waals surface area contributed by atoms with E-state index in [-0.39, 0.29) is 11.5 Å². The number of hydrogen-bond donors (Lipinski definition) is 0. The molecule has 1 heterocycles. The van der Waals surface area contributed by atoms with E-state index in [1.54, 1.807) is 12.1 Å². The Labute approximate surface area is 191 Å². The first-order valence-corrected chi connectivity index (χ1v) is 10.6. The molecule has 0 radical (unpaired) electrons. The highest BCUT2D eigenvalue weighted by Gasteiger charge is 2.16. The highest BCUT2D eigenvalue weighted by Crippen LogP contribution is 2.27. The van der Waals surface area contributed by atoms with E-state index in [0.717, 1.165) is 11.1 Å². The molecule has 2 aromatic carbocycles. The molecule has 32 heavy (non-hydrogen) atoms. The number of aromatic nitrogens is 2. The van der Waals surface area contributed by atoms with Gasteiger partial charge >= 0.3 is 0 Å². The van der Waals surface area contributed by atoms with Gasteiger partial charge in [-0.3, -0.25) is 0 Å². The average molecular weight is 447 g/mol. The topological polar surface area (TPSA) is 44.2 Å². The van der Waals surface area contributed by atoms with Crippen LogP contribution < -0.4 is 9.47 Å². The Morgan fingerprint density at radius 2 is 1.56 bits per heavy atom. The van der Waals surface area contributed by atoms with Crippen LogP contribution in [-0.2, 0) is 13.2 Å². The van der Waals surface area contributed by atoms with Crippen molar-refractivity contribution in [2.24, 2.45) is 0 Å². The number of alkyl halides is 1. The van der Waals surface area contributed by atoms with Crippen molar-refractivity contribution >= 4 is 11.6 Å². The third kappa shape index (κ3) is 5.75. The summed E-state index contributed by atoms with van der Waals surface area (Å²) in [6.07, 6.45) is 3.60. The molecule has 160 valence electrons. The van der Waals surface area contributed by atoms with Crippen LogP contribution in [0.1, 0.15) is 23.2 Å². The molecule has 0 saturated carbocycles. The summed E-state index contributed by atoms with van der Waals surface area (Å²) in [5.74, 6) is 5.86. The van der Waals surface area contributed by atoms with Crippen LogP contribution in [0.3, 0.4) is 0 Å². The van der Waals surface area contributed by atoms with Gasteiger partial charge in [0.25, 0.3) is 5.88 Å². The maximum Gasteiger partial charge on any atom is 0.276 e. The van der Waals surface area contributed by atoms with Gasteiger partial charge in [-0.1, -0.05) is 72.7 Å². The Morgan fingerprint density at radius 1 is 0.906 bits per heavy atom. The second-order valence-electron chi connectivity index (χ2n) is 7.06. The van der Waals surface area contributed by atoms with Crippen molar-refractivity contribution in [2.75, 3.05) is 0 Å². The van der Waals surface area contributed by atoms with Crippen molar-refractivity contribution in [1.29, 1.82) is 0 Å². The van der Waals surface area contributed by atoms with Crippen molar-refractivity contribution in [3.8, 4) is 23.5 Å². The molecular formula is C26H20ClFN2O2. The van der Waals surface area contributed by atoms with Crippen molar-refractivity contribution in [1.82, 2.24) is 10.2 Å². The monoisotopic (exact) mass is 446 g/mol. The van der Waals surface area contributed by atoms with Crippen LogP contribution in [0.4, 0.5) is 4.39 Å². The zero-order chi connectivity index (χ0) is 22.2. The van der Waals surface area contributed by atoms with E-state index < -0.39 is 11.2 Å². The second-order valence-corrected chi connectivity index (χ2v) is 7.59. The Balaban J connectivity index is 1.57. The molecule has 0 amide bonds. The van der Waals surface area contributed by atoms with Gasteiger partial charge in [0.15, 0.2) is 5.75 Å². The van der Waals surface area contributed by atoms with Gasteiger partial charge in [-0.2, -0.15) is 0 Å². The van der Waals surface area contributed by atoms with Gasteiger partial charge in [-0.25, -0.2) is 4.39 Å². The van der Waals surface area contributed by atoms with Gasteiger partial charge in [0.2, 0.25) is 0 Å². The molecule has 1 aliphatic carbocycles. The highest BCUT2D eigenvalue weighted by molar-refractivity contribution is 6.23. The lowest BCUT2D eigenvalue weighted by atomic mass is 10.0. The molecule has 4 rings (SSSR count). The molecule has 4 nitrogen and oxygen atoms in total. The predicted octanol–water partition coefficient (Wildman–Crippen LogP) is 5.78. The molecule has 1 unspecified atom stereocenters. The van der Waals surface area contributed by atoms with Gasteiger partial charge in [-0.15, -0.1) is 21.8 Å². The largest absolute Gasteiger partial charge is 0.483 e. The number of halogens is 2. The SMILES string of the molecule is FC1=C(C#Cc2cc(OCc3ccccc3)c(OCc3ccccc3)nn2)C(Cl)CC=C1. The summed E-state index contributed by atoms with van der Waals surface area (Å²) < 4.78 is 25.9. The zero-order valence-electron chi connectivity index (χ0n) is 17.2. The summed E-state index contributed by atoms with van der Waals surface area (Å²) in [5.41, 5.74) is 2.57. The summed E-state index contributed by atoms with van der Waals surface area (Å²) in [5, 5.41) is 7.76. The Bertz CT molecular complexity index is 1180. The minimum Gasteiger partial charge on any atom is -0.483 e. The summed E-state index contributed by atoms with van der Waals surface area (Å²) in [6, 6.07) is 21.1. The Kier molecular flexibility index (Phi) is 7.16. The summed E-state index contributed by atoms with van der Waals surface area (Å²) in [6.45, 7) is 0.649. The first-order chi connectivity index (χ1) is 15.7. The van der Waals surface area contributed by atoms with Gasteiger partial charge in [0.1, 0.15) is 24.7 Å². The smallest absolute Gasteiger partial charge is 0.276 e. The average Bonchev–Trinajstić information content (AvgIpc) is 2.83. The standard InChI is InChI=1S/C26H20ClFN2O2/c27-23-12-7-13-24(28)22(23)15-14-21-16-25(31-17-19-8-3-1-4-9-19)26(30-29-21)32-18-20-10-5-2-6-11-20/h1-11,13,16,23H,12,17-18H2. The molecule has 0 aliphatic heterocycles. The van der Waals surface area contributed by atoms with Crippen LogP contribution in [0.5, 0.6) is 11.6 Å². The zero-order valence-corrected chi connectivity index (χ0v) is 17.9. The van der Waals surface area contributed by atoms with Gasteiger partial charge in [-0.05, 0) is 29.5 Å². The maximum atomic E-state index is 14.0. The fourth-order valence-electron chi connectivity index (χ4n) is 3.01. The van der Waals surface area contributed by atoms with E-state index in [2.05, 4.69) is 22.0 Å². The van der Waals surface area contributed by atoms with Crippen LogP contribution in [-0.4, -0.2) is 15.6 Å². The van der Waals surface area contributed by atoms with Gasteiger partial charge in [0.05, 0.1) is 11.0 Å². The fraction of sp³-hybridized carbons (Fsp3) is 0.154. The summed E-state index contributed by atoms with van der Waals surface area (Å²) >= 11 is 6.18. The molecule has 6 heteroatoms. The van der Waals surface area contributed by atoms with E-state index in [4.69, 9.17) is 21.1 Å². The molecule has 1 aromatic heterocycles. The molecule has 0 saturated heterocycles. The van der Waals surface area contributed by atoms with Crippen molar-refractivity contribution in [3.63, 3.8) is 0 Å². The Hall–Kier alpha value is -3.62. The van der Waals surface area contributed by atoms with Gasteiger partial charge in [0, 0.05) is 6.07 Å². The maximum absolute atomic E-state index is 14.0. The normalized spacial score (nSPS) is 15.1. The third-order valence-corrected chi connectivity index (χ3v) is 5.08. The number of benzene rings is 2. The second kappa shape index (κ2) is 10.6. The number of ether oxygens (including phenoxy) is 2. The van der Waals surface area contributed by atoms with Crippen molar-refractivity contribution in [2.45, 2.75) is 25.0 Å². The molecular weight excluding hydrogens is 427 g/mol. The molecule has 0 fully saturated rings. The highest BCUT2D eigenvalue weighted by atomic mass is 35.5. The number of rotatable bonds is 6. The van der Waals surface area contributed by atoms with E-state index >= 15 is 0 Å². The quantitative estimate of drug-likeness (QED) is 0.356. The minimum absolute atomic E-state index is 0.243. The number of allylic oxidation sites excluding steroid dienone is 4. The number of nitrogens with zero attached hydrogens (tertiary/aromatic N) is 2. The van der Waals surface area contributed by atoms with Crippen LogP contribution in [0.25, 0.3) is 0 Å². The fourth-order valence-corrected chi connectivity index (χ4v) is 3.27.